The van der Waals surface area contributed by atoms with Crippen LogP contribution in [0.15, 0.2) is 29.2 Å². The summed E-state index contributed by atoms with van der Waals surface area (Å²) in [6.45, 7) is 3.13. The Bertz CT molecular complexity index is 636. The molecule has 0 spiro atoms. The topological polar surface area (TPSA) is 70.4 Å². The number of rotatable bonds is 3. The number of nitrogens with zero attached hydrogens (tertiary/aromatic N) is 2. The third-order valence-electron chi connectivity index (χ3n) is 3.08. The van der Waals surface area contributed by atoms with Crippen molar-refractivity contribution in [2.75, 3.05) is 37.5 Å². The van der Waals surface area contributed by atoms with E-state index in [9.17, 15) is 8.42 Å². The van der Waals surface area contributed by atoms with E-state index in [1.807, 2.05) is 24.3 Å². The monoisotopic (exact) mass is 292 g/mol. The molecule has 106 valence electrons. The molecule has 1 fully saturated rings. The Morgan fingerprint density at radius 1 is 1.30 bits per heavy atom. The highest BCUT2D eigenvalue weighted by molar-refractivity contribution is 7.95. The van der Waals surface area contributed by atoms with E-state index in [1.54, 1.807) is 6.07 Å². The van der Waals surface area contributed by atoms with Gasteiger partial charge in [-0.3, -0.25) is 0 Å². The van der Waals surface area contributed by atoms with Crippen LogP contribution in [0.3, 0.4) is 0 Å². The zero-order valence-electron chi connectivity index (χ0n) is 11.2. The molecular formula is C14H16N2O3S. The summed E-state index contributed by atoms with van der Waals surface area (Å²) in [4.78, 5) is 1.98. The first kappa shape index (κ1) is 14.6. The molecule has 0 bridgehead atoms. The Hall–Kier alpha value is -1.84. The van der Waals surface area contributed by atoms with Crippen molar-refractivity contribution in [1.29, 1.82) is 5.26 Å². The number of sulfone groups is 1. The fourth-order valence-electron chi connectivity index (χ4n) is 1.98. The molecule has 20 heavy (non-hydrogen) atoms. The van der Waals surface area contributed by atoms with Crippen LogP contribution in [0, 0.1) is 11.3 Å². The summed E-state index contributed by atoms with van der Waals surface area (Å²) in [7, 11) is -3.47. The van der Waals surface area contributed by atoms with Gasteiger partial charge in [0.1, 0.15) is 11.0 Å². The van der Waals surface area contributed by atoms with Crippen LogP contribution in [-0.4, -0.2) is 41.0 Å². The van der Waals surface area contributed by atoms with Crippen molar-refractivity contribution >= 4 is 21.6 Å². The van der Waals surface area contributed by atoms with E-state index >= 15 is 0 Å². The molecule has 0 aromatic heterocycles. The molecule has 1 saturated heterocycles. The fraction of sp³-hybridized carbons (Fsp3) is 0.357. The number of ether oxygens (including phenoxy) is 1. The smallest absolute Gasteiger partial charge is 0.185 e. The van der Waals surface area contributed by atoms with Gasteiger partial charge in [-0.05, 0) is 23.8 Å². The number of hydrogen-bond acceptors (Lipinski definition) is 5. The molecular weight excluding hydrogens is 276 g/mol. The highest BCUT2D eigenvalue weighted by Crippen LogP contribution is 2.18. The Kier molecular flexibility index (Phi) is 4.42. The SMILES string of the molecule is CS(=O)(=O)/C(C#N)=C/c1ccc(N2CCOCC2)cc1. The molecule has 5 nitrogen and oxygen atoms in total. The van der Waals surface area contributed by atoms with Crippen LogP contribution in [-0.2, 0) is 14.6 Å². The molecule has 0 aliphatic carbocycles. The van der Waals surface area contributed by atoms with Gasteiger partial charge in [-0.1, -0.05) is 12.1 Å². The summed E-state index contributed by atoms with van der Waals surface area (Å²) in [5.41, 5.74) is 1.77. The second-order valence-corrected chi connectivity index (χ2v) is 6.57. The molecule has 1 aliphatic heterocycles. The van der Waals surface area contributed by atoms with Crippen molar-refractivity contribution in [3.63, 3.8) is 0 Å². The summed E-state index contributed by atoms with van der Waals surface area (Å²) in [6, 6.07) is 9.19. The lowest BCUT2D eigenvalue weighted by molar-refractivity contribution is 0.122. The van der Waals surface area contributed by atoms with Gasteiger partial charge in [0.25, 0.3) is 0 Å². The average molecular weight is 292 g/mol. The highest BCUT2D eigenvalue weighted by Gasteiger charge is 2.12. The average Bonchev–Trinajstić information content (AvgIpc) is 2.45. The molecule has 1 heterocycles. The maximum absolute atomic E-state index is 11.4. The van der Waals surface area contributed by atoms with Gasteiger partial charge in [-0.15, -0.1) is 0 Å². The van der Waals surface area contributed by atoms with Crippen molar-refractivity contribution in [3.05, 3.63) is 34.7 Å². The summed E-state index contributed by atoms with van der Waals surface area (Å²) in [5.74, 6) is 0. The number of benzene rings is 1. The molecule has 0 N–H and O–H groups in total. The van der Waals surface area contributed by atoms with Gasteiger partial charge >= 0.3 is 0 Å². The highest BCUT2D eigenvalue weighted by atomic mass is 32.2. The number of anilines is 1. The van der Waals surface area contributed by atoms with Gasteiger partial charge in [-0.2, -0.15) is 5.26 Å². The first-order valence-corrected chi connectivity index (χ1v) is 8.14. The van der Waals surface area contributed by atoms with E-state index in [-0.39, 0.29) is 4.91 Å². The zero-order valence-corrected chi connectivity index (χ0v) is 12.1. The number of hydrogen-bond donors (Lipinski definition) is 0. The number of allylic oxidation sites excluding steroid dienone is 1. The van der Waals surface area contributed by atoms with Gasteiger partial charge < -0.3 is 9.64 Å². The maximum atomic E-state index is 11.4. The summed E-state index contributed by atoms with van der Waals surface area (Å²) in [6.07, 6.45) is 2.42. The van der Waals surface area contributed by atoms with Crippen molar-refractivity contribution < 1.29 is 13.2 Å². The zero-order chi connectivity index (χ0) is 14.6. The Morgan fingerprint density at radius 2 is 1.90 bits per heavy atom. The molecule has 0 amide bonds. The van der Waals surface area contributed by atoms with Crippen molar-refractivity contribution in [3.8, 4) is 6.07 Å². The van der Waals surface area contributed by atoms with Crippen LogP contribution in [0.25, 0.3) is 6.08 Å². The van der Waals surface area contributed by atoms with E-state index in [1.165, 1.54) is 6.08 Å². The number of morpholine rings is 1. The van der Waals surface area contributed by atoms with Crippen LogP contribution < -0.4 is 4.90 Å². The van der Waals surface area contributed by atoms with E-state index in [4.69, 9.17) is 10.00 Å². The Morgan fingerprint density at radius 3 is 2.40 bits per heavy atom. The second-order valence-electron chi connectivity index (χ2n) is 4.58. The molecule has 0 saturated carbocycles. The van der Waals surface area contributed by atoms with Crippen LogP contribution >= 0.6 is 0 Å². The minimum atomic E-state index is -3.47. The molecule has 1 aromatic carbocycles. The first-order chi connectivity index (χ1) is 9.50. The summed E-state index contributed by atoms with van der Waals surface area (Å²) < 4.78 is 28.0. The summed E-state index contributed by atoms with van der Waals surface area (Å²) in [5, 5.41) is 8.86. The predicted molar refractivity (Wildman–Crippen MR) is 77.9 cm³/mol. The largest absolute Gasteiger partial charge is 0.378 e. The molecule has 6 heteroatoms. The van der Waals surface area contributed by atoms with Crippen LogP contribution in [0.1, 0.15) is 5.56 Å². The molecule has 1 aliphatic rings. The second kappa shape index (κ2) is 6.07. The van der Waals surface area contributed by atoms with Crippen LogP contribution in [0.5, 0.6) is 0 Å². The van der Waals surface area contributed by atoms with Crippen molar-refractivity contribution in [2.45, 2.75) is 0 Å². The minimum Gasteiger partial charge on any atom is -0.378 e. The molecule has 0 atom stereocenters. The normalized spacial score (nSPS) is 16.8. The number of nitriles is 1. The summed E-state index contributed by atoms with van der Waals surface area (Å²) >= 11 is 0. The van der Waals surface area contributed by atoms with Crippen LogP contribution in [0.2, 0.25) is 0 Å². The predicted octanol–water partition coefficient (Wildman–Crippen LogP) is 1.43. The lowest BCUT2D eigenvalue weighted by atomic mass is 10.2. The van der Waals surface area contributed by atoms with E-state index in [0.29, 0.717) is 18.8 Å². The van der Waals surface area contributed by atoms with Gasteiger partial charge in [0, 0.05) is 25.0 Å². The van der Waals surface area contributed by atoms with Gasteiger partial charge in [-0.25, -0.2) is 8.42 Å². The van der Waals surface area contributed by atoms with Crippen LogP contribution in [0.4, 0.5) is 5.69 Å². The third kappa shape index (κ3) is 3.59. The van der Waals surface area contributed by atoms with Crippen molar-refractivity contribution in [1.82, 2.24) is 0 Å². The molecule has 1 aromatic rings. The lowest BCUT2D eigenvalue weighted by Crippen LogP contribution is -2.36. The van der Waals surface area contributed by atoms with E-state index in [0.717, 1.165) is 25.0 Å². The van der Waals surface area contributed by atoms with E-state index < -0.39 is 9.84 Å². The maximum Gasteiger partial charge on any atom is 0.185 e. The molecule has 2 rings (SSSR count). The lowest BCUT2D eigenvalue weighted by Gasteiger charge is -2.28. The van der Waals surface area contributed by atoms with Gasteiger partial charge in [0.15, 0.2) is 9.84 Å². The quantitative estimate of drug-likeness (QED) is 0.788. The standard InChI is InChI=1S/C14H16N2O3S/c1-20(17,18)14(11-15)10-12-2-4-13(5-3-12)16-6-8-19-9-7-16/h2-5,10H,6-9H2,1H3/b14-10+. The Balaban J connectivity index is 2.20. The Labute approximate surface area is 119 Å². The van der Waals surface area contributed by atoms with E-state index in [2.05, 4.69) is 4.90 Å². The van der Waals surface area contributed by atoms with Gasteiger partial charge in [0.05, 0.1) is 13.2 Å². The molecule has 0 unspecified atom stereocenters. The fourth-order valence-corrected chi connectivity index (χ4v) is 2.49. The first-order valence-electron chi connectivity index (χ1n) is 6.25. The van der Waals surface area contributed by atoms with Gasteiger partial charge in [0.2, 0.25) is 0 Å². The van der Waals surface area contributed by atoms with Crippen molar-refractivity contribution in [2.24, 2.45) is 0 Å². The molecule has 0 radical (unpaired) electrons. The third-order valence-corrected chi connectivity index (χ3v) is 4.08. The minimum absolute atomic E-state index is 0.225.